The second kappa shape index (κ2) is 6.71. The predicted molar refractivity (Wildman–Crippen MR) is 93.2 cm³/mol. The van der Waals surface area contributed by atoms with Crippen molar-refractivity contribution in [2.75, 3.05) is 0 Å². The number of rotatable bonds is 6. The second-order valence-electron chi connectivity index (χ2n) is 6.85. The van der Waals surface area contributed by atoms with Crippen molar-refractivity contribution < 1.29 is 29.0 Å². The molecule has 8 heteroatoms. The molecule has 1 amide bonds. The highest BCUT2D eigenvalue weighted by Gasteiger charge is 2.72. The molecule has 27 heavy (non-hydrogen) atoms. The molecule has 2 N–H and O–H groups in total. The third-order valence-corrected chi connectivity index (χ3v) is 4.72. The Morgan fingerprint density at radius 2 is 1.81 bits per heavy atom. The lowest BCUT2D eigenvalue weighted by atomic mass is 9.79. The van der Waals surface area contributed by atoms with Crippen LogP contribution in [0.25, 0.3) is 0 Å². The molecular formula is C19H20N2O6. The lowest BCUT2D eigenvalue weighted by molar-refractivity contribution is -0.183. The summed E-state index contributed by atoms with van der Waals surface area (Å²) >= 11 is 0. The minimum Gasteiger partial charge on any atom is -0.477 e. The van der Waals surface area contributed by atoms with E-state index in [1.165, 1.54) is 6.92 Å². The molecule has 8 nitrogen and oxygen atoms in total. The minimum absolute atomic E-state index is 0.0465. The number of allylic oxidation sites excluding steroid dienone is 1. The maximum absolute atomic E-state index is 13.0. The van der Waals surface area contributed by atoms with Gasteiger partial charge in [-0.25, -0.2) is 4.79 Å². The Morgan fingerprint density at radius 1 is 1.19 bits per heavy atom. The molecule has 0 aliphatic carbocycles. The lowest BCUT2D eigenvalue weighted by Gasteiger charge is -2.49. The topological polar surface area (TPSA) is 113 Å². The number of amides is 1. The zero-order chi connectivity index (χ0) is 19.9. The van der Waals surface area contributed by atoms with Gasteiger partial charge in [-0.3, -0.25) is 24.6 Å². The van der Waals surface area contributed by atoms with Crippen LogP contribution in [0, 0.1) is 0 Å². The molecule has 0 saturated carbocycles. The predicted octanol–water partition coefficient (Wildman–Crippen LogP) is 0.619. The van der Waals surface area contributed by atoms with Crippen molar-refractivity contribution in [3.63, 3.8) is 0 Å². The first-order valence-electron chi connectivity index (χ1n) is 8.45. The Morgan fingerprint density at radius 3 is 2.33 bits per heavy atom. The number of ketones is 2. The van der Waals surface area contributed by atoms with Gasteiger partial charge in [0.15, 0.2) is 24.0 Å². The number of carboxylic acids is 1. The van der Waals surface area contributed by atoms with Gasteiger partial charge in [0.2, 0.25) is 5.54 Å². The maximum Gasteiger partial charge on any atom is 0.352 e. The summed E-state index contributed by atoms with van der Waals surface area (Å²) in [5, 5.41) is 12.2. The number of β-lactam (4-membered cyclic amide) rings is 1. The van der Waals surface area contributed by atoms with Gasteiger partial charge in [-0.05, 0) is 31.9 Å². The van der Waals surface area contributed by atoms with Crippen molar-refractivity contribution in [1.29, 1.82) is 0 Å². The third-order valence-electron chi connectivity index (χ3n) is 4.72. The third kappa shape index (κ3) is 2.87. The number of nitrogens with zero attached hydrogens (tertiary/aromatic N) is 1. The van der Waals surface area contributed by atoms with Gasteiger partial charge in [-0.2, -0.15) is 0 Å². The van der Waals surface area contributed by atoms with E-state index in [0.29, 0.717) is 11.1 Å². The number of carboxylic acid groups (broad SMARTS) is 1. The van der Waals surface area contributed by atoms with Crippen LogP contribution in [0.2, 0.25) is 0 Å². The largest absolute Gasteiger partial charge is 0.477 e. The van der Waals surface area contributed by atoms with Crippen molar-refractivity contribution in [3.8, 4) is 0 Å². The number of aliphatic carboxylic acids is 1. The van der Waals surface area contributed by atoms with Crippen LogP contribution < -0.4 is 5.32 Å². The van der Waals surface area contributed by atoms with Crippen LogP contribution in [-0.4, -0.2) is 51.4 Å². The van der Waals surface area contributed by atoms with E-state index in [4.69, 9.17) is 4.74 Å². The fraction of sp³-hybridized carbons (Fsp3) is 0.368. The summed E-state index contributed by atoms with van der Waals surface area (Å²) in [5.74, 6) is -2.90. The Labute approximate surface area is 155 Å². The molecule has 3 unspecified atom stereocenters. The summed E-state index contributed by atoms with van der Waals surface area (Å²) in [7, 11) is 0. The minimum atomic E-state index is -1.76. The van der Waals surface area contributed by atoms with Crippen LogP contribution in [0.5, 0.6) is 0 Å². The van der Waals surface area contributed by atoms with E-state index in [2.05, 4.69) is 5.32 Å². The van der Waals surface area contributed by atoms with Crippen LogP contribution in [-0.2, 0) is 30.3 Å². The average molecular weight is 372 g/mol. The van der Waals surface area contributed by atoms with Gasteiger partial charge in [0.1, 0.15) is 5.70 Å². The van der Waals surface area contributed by atoms with Gasteiger partial charge in [-0.15, -0.1) is 0 Å². The molecule has 1 aromatic carbocycles. The van der Waals surface area contributed by atoms with Crippen LogP contribution in [0.3, 0.4) is 0 Å². The molecule has 3 atom stereocenters. The molecule has 3 rings (SSSR count). The number of fused-ring (bicyclic) bond motifs is 1. The first kappa shape index (κ1) is 18.9. The number of carbonyl (C=O) groups is 4. The van der Waals surface area contributed by atoms with E-state index in [-0.39, 0.29) is 12.1 Å². The zero-order valence-electron chi connectivity index (χ0n) is 15.2. The summed E-state index contributed by atoms with van der Waals surface area (Å²) in [6.45, 7) is 4.37. The lowest BCUT2D eigenvalue weighted by Crippen LogP contribution is -2.79. The number of nitrogens with one attached hydrogen (secondary N) is 1. The molecule has 1 aromatic rings. The van der Waals surface area contributed by atoms with E-state index in [1.54, 1.807) is 38.1 Å². The first-order valence-corrected chi connectivity index (χ1v) is 8.45. The van der Waals surface area contributed by atoms with Gasteiger partial charge in [0, 0.05) is 6.42 Å². The van der Waals surface area contributed by atoms with Gasteiger partial charge in [0.05, 0.1) is 0 Å². The fourth-order valence-corrected chi connectivity index (χ4v) is 3.43. The molecule has 142 valence electrons. The highest BCUT2D eigenvalue weighted by molar-refractivity contribution is 6.19. The van der Waals surface area contributed by atoms with Crippen LogP contribution in [0.4, 0.5) is 0 Å². The maximum atomic E-state index is 13.0. The average Bonchev–Trinajstić information content (AvgIpc) is 2.96. The number of hydrogen-bond donors (Lipinski definition) is 2. The quantitative estimate of drug-likeness (QED) is 0.427. The molecule has 0 spiro atoms. The van der Waals surface area contributed by atoms with E-state index in [1.807, 2.05) is 6.07 Å². The van der Waals surface area contributed by atoms with E-state index in [0.717, 1.165) is 4.90 Å². The van der Waals surface area contributed by atoms with Gasteiger partial charge < -0.3 is 9.84 Å². The summed E-state index contributed by atoms with van der Waals surface area (Å²) in [5.41, 5.74) is -0.924. The summed E-state index contributed by atoms with van der Waals surface area (Å²) in [6, 6.07) is 8.86. The Kier molecular flexibility index (Phi) is 4.71. The molecule has 0 aromatic heterocycles. The molecule has 2 heterocycles. The van der Waals surface area contributed by atoms with Gasteiger partial charge >= 0.3 is 5.97 Å². The second-order valence-corrected chi connectivity index (χ2v) is 6.85. The van der Waals surface area contributed by atoms with Crippen LogP contribution in [0.1, 0.15) is 26.3 Å². The molecular weight excluding hydrogens is 352 g/mol. The summed E-state index contributed by atoms with van der Waals surface area (Å²) in [6.07, 6.45) is -2.39. The van der Waals surface area contributed by atoms with E-state index >= 15 is 0 Å². The number of hydrogen-bond acceptors (Lipinski definition) is 6. The molecule has 2 fully saturated rings. The van der Waals surface area contributed by atoms with E-state index < -0.39 is 41.4 Å². The Balaban J connectivity index is 1.98. The number of Topliss-reactive ketones (excluding diaryl/α,β-unsaturated/α-hetero) is 2. The number of likely N-dealkylation sites (tertiary alicyclic amines) is 1. The standard InChI is InChI=1S/C19H20N2O6/c1-10(2)14(16(24)25)21-17(26)19(18(21)27-15(20-19)11(3)22)13(23)9-12-7-5-4-6-8-12/h4-8,15,18,20H,9H2,1-3H3,(H,24,25). The number of ether oxygens (including phenoxy) is 1. The van der Waals surface area contributed by atoms with Gasteiger partial charge in [0.25, 0.3) is 5.91 Å². The van der Waals surface area contributed by atoms with E-state index in [9.17, 15) is 24.3 Å². The van der Waals surface area contributed by atoms with Crippen LogP contribution in [0.15, 0.2) is 41.6 Å². The fourth-order valence-electron chi connectivity index (χ4n) is 3.43. The normalized spacial score (nSPS) is 26.2. The molecule has 2 aliphatic rings. The Bertz CT molecular complexity index is 858. The summed E-state index contributed by atoms with van der Waals surface area (Å²) < 4.78 is 5.57. The molecule has 2 saturated heterocycles. The number of benzene rings is 1. The van der Waals surface area contributed by atoms with Crippen molar-refractivity contribution in [2.24, 2.45) is 0 Å². The zero-order valence-corrected chi connectivity index (χ0v) is 15.2. The summed E-state index contributed by atoms with van der Waals surface area (Å²) in [4.78, 5) is 50.3. The van der Waals surface area contributed by atoms with Crippen molar-refractivity contribution in [3.05, 3.63) is 47.2 Å². The van der Waals surface area contributed by atoms with Crippen molar-refractivity contribution in [2.45, 2.75) is 45.2 Å². The highest BCUT2D eigenvalue weighted by Crippen LogP contribution is 2.42. The smallest absolute Gasteiger partial charge is 0.352 e. The number of carbonyl (C=O) groups excluding carboxylic acids is 3. The van der Waals surface area contributed by atoms with Crippen LogP contribution >= 0.6 is 0 Å². The Hall–Kier alpha value is -2.84. The SMILES string of the molecule is CC(=O)C1NC2(C(=O)Cc3ccccc3)C(=O)N(C(C(=O)O)=C(C)C)C2O1. The molecule has 0 bridgehead atoms. The monoisotopic (exact) mass is 372 g/mol. The molecule has 2 aliphatic heterocycles. The first-order chi connectivity index (χ1) is 12.7. The highest BCUT2D eigenvalue weighted by atomic mass is 16.6. The molecule has 0 radical (unpaired) electrons. The van der Waals surface area contributed by atoms with Crippen molar-refractivity contribution >= 4 is 23.4 Å². The van der Waals surface area contributed by atoms with Gasteiger partial charge in [-0.1, -0.05) is 30.3 Å². The van der Waals surface area contributed by atoms with Crippen molar-refractivity contribution in [1.82, 2.24) is 10.2 Å².